The van der Waals surface area contributed by atoms with Crippen molar-refractivity contribution in [2.75, 3.05) is 5.32 Å². The second-order valence-electron chi connectivity index (χ2n) is 4.57. The third-order valence-corrected chi connectivity index (χ3v) is 3.01. The van der Waals surface area contributed by atoms with Gasteiger partial charge in [-0.05, 0) is 17.7 Å². The lowest BCUT2D eigenvalue weighted by molar-refractivity contribution is -0.385. The van der Waals surface area contributed by atoms with E-state index >= 15 is 0 Å². The number of benzene rings is 2. The number of nitro benzene ring substituents is 1. The Bertz CT molecular complexity index is 743. The first-order chi connectivity index (χ1) is 10.8. The van der Waals surface area contributed by atoms with Crippen LogP contribution in [0.1, 0.15) is 11.6 Å². The normalized spacial score (nSPS) is 11.8. The summed E-state index contributed by atoms with van der Waals surface area (Å²) < 4.78 is 40.6. The maximum absolute atomic E-state index is 13.9. The van der Waals surface area contributed by atoms with E-state index in [-0.39, 0.29) is 5.56 Å². The average molecular weight is 325 g/mol. The van der Waals surface area contributed by atoms with Gasteiger partial charge in [0.1, 0.15) is 17.5 Å². The molecule has 0 fully saturated rings. The van der Waals surface area contributed by atoms with Crippen LogP contribution in [-0.2, 0) is 4.79 Å². The van der Waals surface area contributed by atoms with Crippen LogP contribution < -0.4 is 11.1 Å². The standard InChI is InChI=1S/C14H10F3N3O3/c15-8-3-1-7(2-4-8)12(14(18)21)19-13-10(16)5-9(20(22)23)6-11(13)17/h1-6,12,19H,(H2,18,21). The number of nitrogens with zero attached hydrogens (tertiary/aromatic N) is 1. The number of nitrogens with one attached hydrogen (secondary N) is 1. The van der Waals surface area contributed by atoms with Crippen LogP contribution >= 0.6 is 0 Å². The van der Waals surface area contributed by atoms with Crippen molar-refractivity contribution in [2.45, 2.75) is 6.04 Å². The molecular weight excluding hydrogens is 315 g/mol. The lowest BCUT2D eigenvalue weighted by Crippen LogP contribution is -2.28. The van der Waals surface area contributed by atoms with Crippen molar-refractivity contribution in [3.8, 4) is 0 Å². The largest absolute Gasteiger partial charge is 0.368 e. The maximum atomic E-state index is 13.9. The van der Waals surface area contributed by atoms with Crippen molar-refractivity contribution in [3.05, 3.63) is 69.5 Å². The SMILES string of the molecule is NC(=O)C(Nc1c(F)cc([N+](=O)[O-])cc1F)c1ccc(F)cc1. The summed E-state index contributed by atoms with van der Waals surface area (Å²) in [6.07, 6.45) is 0. The third kappa shape index (κ3) is 3.57. The number of rotatable bonds is 5. The number of nitrogens with two attached hydrogens (primary N) is 1. The van der Waals surface area contributed by atoms with Gasteiger partial charge < -0.3 is 11.1 Å². The van der Waals surface area contributed by atoms with E-state index in [9.17, 15) is 28.1 Å². The van der Waals surface area contributed by atoms with Crippen molar-refractivity contribution < 1.29 is 22.9 Å². The van der Waals surface area contributed by atoms with Crippen LogP contribution in [0.15, 0.2) is 36.4 Å². The molecule has 0 aliphatic rings. The zero-order valence-electron chi connectivity index (χ0n) is 11.4. The van der Waals surface area contributed by atoms with Crippen molar-refractivity contribution in [3.63, 3.8) is 0 Å². The molecule has 0 aliphatic heterocycles. The van der Waals surface area contributed by atoms with Crippen LogP contribution in [0.5, 0.6) is 0 Å². The number of carbonyl (C=O) groups excluding carboxylic acids is 1. The van der Waals surface area contributed by atoms with Gasteiger partial charge in [-0.2, -0.15) is 0 Å². The molecule has 6 nitrogen and oxygen atoms in total. The zero-order valence-corrected chi connectivity index (χ0v) is 11.4. The highest BCUT2D eigenvalue weighted by Crippen LogP contribution is 2.28. The fourth-order valence-electron chi connectivity index (χ4n) is 1.92. The monoisotopic (exact) mass is 325 g/mol. The summed E-state index contributed by atoms with van der Waals surface area (Å²) in [5.41, 5.74) is 3.84. The number of amides is 1. The Morgan fingerprint density at radius 2 is 1.65 bits per heavy atom. The Hall–Kier alpha value is -3.10. The number of anilines is 1. The quantitative estimate of drug-likeness (QED) is 0.652. The van der Waals surface area contributed by atoms with Crippen molar-refractivity contribution in [1.29, 1.82) is 0 Å². The zero-order chi connectivity index (χ0) is 17.1. The van der Waals surface area contributed by atoms with Crippen LogP contribution in [0, 0.1) is 27.6 Å². The number of hydrogen-bond donors (Lipinski definition) is 2. The summed E-state index contributed by atoms with van der Waals surface area (Å²) in [6, 6.07) is 4.21. The fourth-order valence-corrected chi connectivity index (χ4v) is 1.92. The number of non-ortho nitro benzene ring substituents is 1. The number of primary amides is 1. The second kappa shape index (κ2) is 6.34. The van der Waals surface area contributed by atoms with E-state index in [1.54, 1.807) is 0 Å². The van der Waals surface area contributed by atoms with E-state index in [0.717, 1.165) is 12.1 Å². The molecule has 9 heteroatoms. The lowest BCUT2D eigenvalue weighted by Gasteiger charge is -2.18. The molecule has 2 aromatic carbocycles. The van der Waals surface area contributed by atoms with E-state index in [1.165, 1.54) is 12.1 Å². The summed E-state index contributed by atoms with van der Waals surface area (Å²) in [5, 5.41) is 12.8. The van der Waals surface area contributed by atoms with Crippen LogP contribution in [0.2, 0.25) is 0 Å². The Labute approximate surface area is 127 Å². The molecule has 0 saturated heterocycles. The van der Waals surface area contributed by atoms with E-state index < -0.39 is 45.7 Å². The second-order valence-corrected chi connectivity index (χ2v) is 4.57. The Kier molecular flexibility index (Phi) is 4.49. The van der Waals surface area contributed by atoms with Crippen molar-refractivity contribution in [1.82, 2.24) is 0 Å². The number of nitro groups is 1. The molecule has 0 aliphatic carbocycles. The van der Waals surface area contributed by atoms with E-state index in [1.807, 2.05) is 0 Å². The maximum Gasteiger partial charge on any atom is 0.275 e. The highest BCUT2D eigenvalue weighted by molar-refractivity contribution is 5.84. The summed E-state index contributed by atoms with van der Waals surface area (Å²) in [6.45, 7) is 0. The molecule has 0 radical (unpaired) electrons. The van der Waals surface area contributed by atoms with Gasteiger partial charge in [-0.1, -0.05) is 12.1 Å². The first-order valence-electron chi connectivity index (χ1n) is 6.24. The molecule has 2 aromatic rings. The molecule has 120 valence electrons. The van der Waals surface area contributed by atoms with E-state index in [2.05, 4.69) is 5.32 Å². The molecule has 1 amide bonds. The van der Waals surface area contributed by atoms with Gasteiger partial charge in [-0.25, -0.2) is 13.2 Å². The van der Waals surface area contributed by atoms with Gasteiger partial charge in [-0.3, -0.25) is 14.9 Å². The van der Waals surface area contributed by atoms with Gasteiger partial charge in [0.25, 0.3) is 5.69 Å². The Morgan fingerprint density at radius 1 is 1.13 bits per heavy atom. The summed E-state index contributed by atoms with van der Waals surface area (Å²) >= 11 is 0. The van der Waals surface area contributed by atoms with Gasteiger partial charge >= 0.3 is 0 Å². The molecule has 0 bridgehead atoms. The molecule has 1 unspecified atom stereocenters. The van der Waals surface area contributed by atoms with E-state index in [4.69, 9.17) is 5.73 Å². The first kappa shape index (κ1) is 16.3. The first-order valence-corrected chi connectivity index (χ1v) is 6.24. The molecule has 23 heavy (non-hydrogen) atoms. The highest BCUT2D eigenvalue weighted by atomic mass is 19.1. The minimum absolute atomic E-state index is 0.177. The molecular formula is C14H10F3N3O3. The molecule has 0 heterocycles. The molecule has 3 N–H and O–H groups in total. The minimum atomic E-state index is -1.35. The molecule has 1 atom stereocenters. The number of carbonyl (C=O) groups is 1. The van der Waals surface area contributed by atoms with Crippen molar-refractivity contribution in [2.24, 2.45) is 5.73 Å². The van der Waals surface area contributed by atoms with Gasteiger partial charge in [0.05, 0.1) is 17.1 Å². The van der Waals surface area contributed by atoms with Crippen LogP contribution in [0.3, 0.4) is 0 Å². The molecule has 2 rings (SSSR count). The van der Waals surface area contributed by atoms with E-state index in [0.29, 0.717) is 12.1 Å². The average Bonchev–Trinajstić information content (AvgIpc) is 2.47. The highest BCUT2D eigenvalue weighted by Gasteiger charge is 2.23. The summed E-state index contributed by atoms with van der Waals surface area (Å²) in [7, 11) is 0. The fraction of sp³-hybridized carbons (Fsp3) is 0.0714. The molecule has 0 saturated carbocycles. The molecule has 0 spiro atoms. The van der Waals surface area contributed by atoms with Crippen LogP contribution in [-0.4, -0.2) is 10.8 Å². The Balaban J connectivity index is 2.40. The molecule has 0 aromatic heterocycles. The topological polar surface area (TPSA) is 98.3 Å². The predicted octanol–water partition coefficient (Wildman–Crippen LogP) is 2.65. The number of halogens is 3. The third-order valence-electron chi connectivity index (χ3n) is 3.01. The van der Waals surface area contributed by atoms with Gasteiger partial charge in [-0.15, -0.1) is 0 Å². The summed E-state index contributed by atoms with van der Waals surface area (Å²) in [4.78, 5) is 21.1. The predicted molar refractivity (Wildman–Crippen MR) is 75.0 cm³/mol. The smallest absolute Gasteiger partial charge is 0.275 e. The summed E-state index contributed by atoms with van der Waals surface area (Å²) in [5.74, 6) is -4.05. The van der Waals surface area contributed by atoms with Gasteiger partial charge in [0, 0.05) is 0 Å². The van der Waals surface area contributed by atoms with Crippen LogP contribution in [0.25, 0.3) is 0 Å². The van der Waals surface area contributed by atoms with Crippen molar-refractivity contribution >= 4 is 17.3 Å². The van der Waals surface area contributed by atoms with Gasteiger partial charge in [0.15, 0.2) is 11.6 Å². The Morgan fingerprint density at radius 3 is 2.09 bits per heavy atom. The van der Waals surface area contributed by atoms with Gasteiger partial charge in [0.2, 0.25) is 5.91 Å². The van der Waals surface area contributed by atoms with Crippen LogP contribution in [0.4, 0.5) is 24.5 Å². The number of hydrogen-bond acceptors (Lipinski definition) is 4. The minimum Gasteiger partial charge on any atom is -0.368 e. The lowest BCUT2D eigenvalue weighted by atomic mass is 10.1.